The third kappa shape index (κ3) is 4.90. The van der Waals surface area contributed by atoms with Gasteiger partial charge in [0.1, 0.15) is 5.69 Å². The van der Waals surface area contributed by atoms with Crippen molar-refractivity contribution in [3.05, 3.63) is 100.0 Å². The van der Waals surface area contributed by atoms with Gasteiger partial charge in [0.05, 0.1) is 6.04 Å². The number of hydrogen-bond acceptors (Lipinski definition) is 5. The summed E-state index contributed by atoms with van der Waals surface area (Å²) in [7, 11) is 0. The predicted molar refractivity (Wildman–Crippen MR) is 120 cm³/mol. The van der Waals surface area contributed by atoms with E-state index in [4.69, 9.17) is 0 Å². The lowest BCUT2D eigenvalue weighted by atomic mass is 9.96. The highest BCUT2D eigenvalue weighted by Gasteiger charge is 2.27. The number of hydrogen-bond donors (Lipinski definition) is 1. The molecule has 1 fully saturated rings. The summed E-state index contributed by atoms with van der Waals surface area (Å²) in [5.74, 6) is -0.293. The minimum Gasteiger partial charge on any atom is -0.290 e. The lowest BCUT2D eigenvalue weighted by Crippen LogP contribution is -2.54. The van der Waals surface area contributed by atoms with Gasteiger partial charge < -0.3 is 0 Å². The molecule has 0 saturated carbocycles. The van der Waals surface area contributed by atoms with Crippen molar-refractivity contribution in [1.29, 1.82) is 0 Å². The molecule has 0 bridgehead atoms. The van der Waals surface area contributed by atoms with Crippen molar-refractivity contribution in [3.8, 4) is 0 Å². The molecule has 0 atom stereocenters. The van der Waals surface area contributed by atoms with E-state index in [1.165, 1.54) is 27.9 Å². The molecule has 1 aliphatic heterocycles. The van der Waals surface area contributed by atoms with Crippen LogP contribution in [-0.2, 0) is 6.54 Å². The number of amides is 1. The Morgan fingerprint density at radius 3 is 2.03 bits per heavy atom. The van der Waals surface area contributed by atoms with Gasteiger partial charge in [-0.2, -0.15) is 5.10 Å². The Morgan fingerprint density at radius 1 is 0.903 bits per heavy atom. The Balaban J connectivity index is 1.43. The number of aryl methyl sites for hydroxylation is 1. The smallest absolute Gasteiger partial charge is 0.286 e. The van der Waals surface area contributed by atoms with Gasteiger partial charge in [0.25, 0.3) is 11.5 Å². The molecule has 1 aliphatic rings. The van der Waals surface area contributed by atoms with E-state index in [2.05, 4.69) is 64.0 Å². The Hall–Kier alpha value is -3.29. The molecule has 1 N–H and O–H groups in total. The SMILES string of the molecule is CCn1nc(C(=O)NN2CCN(C(c3ccccc3)c3ccccc3)CC2)ccc1=O. The maximum atomic E-state index is 12.6. The van der Waals surface area contributed by atoms with Crippen LogP contribution in [0.3, 0.4) is 0 Å². The number of aromatic nitrogens is 2. The highest BCUT2D eigenvalue weighted by molar-refractivity contribution is 5.91. The lowest BCUT2D eigenvalue weighted by molar-refractivity contribution is 0.0548. The van der Waals surface area contributed by atoms with Crippen molar-refractivity contribution in [2.24, 2.45) is 0 Å². The molecule has 0 aliphatic carbocycles. The maximum absolute atomic E-state index is 12.6. The van der Waals surface area contributed by atoms with E-state index in [1.54, 1.807) is 0 Å². The summed E-state index contributed by atoms with van der Waals surface area (Å²) in [6.45, 7) is 5.29. The fourth-order valence-electron chi connectivity index (χ4n) is 3.97. The molecule has 1 amide bonds. The number of hydrazine groups is 1. The van der Waals surface area contributed by atoms with Gasteiger partial charge in [0.2, 0.25) is 0 Å². The molecule has 31 heavy (non-hydrogen) atoms. The van der Waals surface area contributed by atoms with Gasteiger partial charge in [-0.25, -0.2) is 9.69 Å². The van der Waals surface area contributed by atoms with Gasteiger partial charge in [-0.15, -0.1) is 0 Å². The second-order valence-corrected chi connectivity index (χ2v) is 7.56. The summed E-state index contributed by atoms with van der Waals surface area (Å²) in [6.07, 6.45) is 0. The third-order valence-electron chi connectivity index (χ3n) is 5.57. The Labute approximate surface area is 181 Å². The first-order valence-electron chi connectivity index (χ1n) is 10.6. The molecule has 7 heteroatoms. The minimum atomic E-state index is -0.293. The highest BCUT2D eigenvalue weighted by atomic mass is 16.2. The summed E-state index contributed by atoms with van der Waals surface area (Å²) in [6, 6.07) is 24.1. The maximum Gasteiger partial charge on any atom is 0.286 e. The summed E-state index contributed by atoms with van der Waals surface area (Å²) in [5, 5.41) is 6.06. The predicted octanol–water partition coefficient (Wildman–Crippen LogP) is 2.32. The first-order valence-corrected chi connectivity index (χ1v) is 10.6. The quantitative estimate of drug-likeness (QED) is 0.667. The fraction of sp³-hybridized carbons (Fsp3) is 0.292. The molecule has 1 aromatic heterocycles. The first-order chi connectivity index (χ1) is 15.2. The van der Waals surface area contributed by atoms with Gasteiger partial charge in [-0.05, 0) is 24.1 Å². The molecular weight excluding hydrogens is 390 g/mol. The number of nitrogens with zero attached hydrogens (tertiary/aromatic N) is 4. The zero-order valence-corrected chi connectivity index (χ0v) is 17.6. The Kier molecular flexibility index (Phi) is 6.54. The van der Waals surface area contributed by atoms with Crippen LogP contribution in [0.5, 0.6) is 0 Å². The molecule has 160 valence electrons. The number of carbonyl (C=O) groups is 1. The number of rotatable bonds is 6. The molecule has 7 nitrogen and oxygen atoms in total. The average Bonchev–Trinajstić information content (AvgIpc) is 2.82. The van der Waals surface area contributed by atoms with Crippen LogP contribution in [-0.4, -0.2) is 51.8 Å². The van der Waals surface area contributed by atoms with Crippen LogP contribution in [0.15, 0.2) is 77.6 Å². The van der Waals surface area contributed by atoms with Crippen LogP contribution < -0.4 is 11.0 Å². The topological polar surface area (TPSA) is 70.5 Å². The molecule has 2 heterocycles. The van der Waals surface area contributed by atoms with Gasteiger partial charge >= 0.3 is 0 Å². The van der Waals surface area contributed by atoms with E-state index in [9.17, 15) is 9.59 Å². The van der Waals surface area contributed by atoms with Crippen molar-refractivity contribution in [2.75, 3.05) is 26.2 Å². The third-order valence-corrected chi connectivity index (χ3v) is 5.57. The van der Waals surface area contributed by atoms with Crippen LogP contribution in [0.4, 0.5) is 0 Å². The van der Waals surface area contributed by atoms with Crippen LogP contribution in [0.1, 0.15) is 34.6 Å². The van der Waals surface area contributed by atoms with Gasteiger partial charge in [-0.3, -0.25) is 19.9 Å². The van der Waals surface area contributed by atoms with E-state index in [1.807, 2.05) is 24.1 Å². The zero-order valence-electron chi connectivity index (χ0n) is 17.6. The highest BCUT2D eigenvalue weighted by Crippen LogP contribution is 2.29. The summed E-state index contributed by atoms with van der Waals surface area (Å²) in [5.41, 5.74) is 5.50. The molecule has 4 rings (SSSR count). The number of nitrogens with one attached hydrogen (secondary N) is 1. The minimum absolute atomic E-state index is 0.176. The second kappa shape index (κ2) is 9.68. The molecule has 2 aromatic carbocycles. The largest absolute Gasteiger partial charge is 0.290 e. The van der Waals surface area contributed by atoms with Crippen molar-refractivity contribution >= 4 is 5.91 Å². The van der Waals surface area contributed by atoms with Gasteiger partial charge in [-0.1, -0.05) is 60.7 Å². The van der Waals surface area contributed by atoms with E-state index in [-0.39, 0.29) is 23.2 Å². The molecular formula is C24H27N5O2. The van der Waals surface area contributed by atoms with Crippen LogP contribution >= 0.6 is 0 Å². The van der Waals surface area contributed by atoms with E-state index >= 15 is 0 Å². The monoisotopic (exact) mass is 417 g/mol. The average molecular weight is 418 g/mol. The normalized spacial score (nSPS) is 15.2. The van der Waals surface area contributed by atoms with Crippen molar-refractivity contribution < 1.29 is 4.79 Å². The van der Waals surface area contributed by atoms with E-state index in [0.717, 1.165) is 13.1 Å². The Bertz CT molecular complexity index is 1020. The van der Waals surface area contributed by atoms with Crippen molar-refractivity contribution in [1.82, 2.24) is 25.1 Å². The van der Waals surface area contributed by atoms with Gasteiger partial charge in [0.15, 0.2) is 0 Å². The standard InChI is InChI=1S/C24H27N5O2/c1-2-29-22(30)14-13-21(25-29)24(31)26-28-17-15-27(16-18-28)23(19-9-5-3-6-10-19)20-11-7-4-8-12-20/h3-14,23H,2,15-18H2,1H3,(H,26,31). The lowest BCUT2D eigenvalue weighted by Gasteiger charge is -2.39. The van der Waals surface area contributed by atoms with Crippen LogP contribution in [0, 0.1) is 0 Å². The summed E-state index contributed by atoms with van der Waals surface area (Å²) < 4.78 is 1.29. The van der Waals surface area contributed by atoms with Crippen LogP contribution in [0.2, 0.25) is 0 Å². The van der Waals surface area contributed by atoms with Gasteiger partial charge in [0, 0.05) is 38.8 Å². The molecule has 0 radical (unpaired) electrons. The molecule has 0 unspecified atom stereocenters. The summed E-state index contributed by atoms with van der Waals surface area (Å²) in [4.78, 5) is 26.8. The fourth-order valence-corrected chi connectivity index (χ4v) is 3.97. The van der Waals surface area contributed by atoms with Crippen LogP contribution in [0.25, 0.3) is 0 Å². The Morgan fingerprint density at radius 2 is 1.48 bits per heavy atom. The first kappa shape index (κ1) is 21.0. The number of carbonyl (C=O) groups excluding carboxylic acids is 1. The van der Waals surface area contributed by atoms with Crippen molar-refractivity contribution in [3.63, 3.8) is 0 Å². The zero-order chi connectivity index (χ0) is 21.6. The van der Waals surface area contributed by atoms with Crippen molar-refractivity contribution in [2.45, 2.75) is 19.5 Å². The number of piperazine rings is 1. The number of benzene rings is 2. The molecule has 0 spiro atoms. The summed E-state index contributed by atoms with van der Waals surface area (Å²) >= 11 is 0. The molecule has 1 saturated heterocycles. The van der Waals surface area contributed by atoms with E-state index in [0.29, 0.717) is 19.6 Å². The second-order valence-electron chi connectivity index (χ2n) is 7.56. The molecule has 3 aromatic rings. The van der Waals surface area contributed by atoms with E-state index < -0.39 is 0 Å².